The van der Waals surface area contributed by atoms with Gasteiger partial charge in [-0.25, -0.2) is 0 Å². The van der Waals surface area contributed by atoms with Crippen LogP contribution in [0.25, 0.3) is 11.6 Å². The molecule has 1 aliphatic rings. The molecule has 1 unspecified atom stereocenters. The van der Waals surface area contributed by atoms with Crippen molar-refractivity contribution in [3.63, 3.8) is 0 Å². The minimum Gasteiger partial charge on any atom is -0.461 e. The number of hydrogen-bond donors (Lipinski definition) is 1. The molecule has 0 bridgehead atoms. The average molecular weight is 219 g/mol. The maximum absolute atomic E-state index is 5.29. The Kier molecular flexibility index (Phi) is 2.07. The molecule has 3 rings (SSSR count). The monoisotopic (exact) mass is 219 g/mol. The molecule has 1 atom stereocenters. The molecular weight excluding hydrogens is 206 g/mol. The highest BCUT2D eigenvalue weighted by atomic mass is 16.5. The zero-order valence-corrected chi connectivity index (χ0v) is 9.06. The van der Waals surface area contributed by atoms with E-state index in [0.29, 0.717) is 17.5 Å². The minimum atomic E-state index is -0.183. The molecule has 0 aliphatic carbocycles. The zero-order chi connectivity index (χ0) is 11.0. The van der Waals surface area contributed by atoms with Crippen molar-refractivity contribution < 1.29 is 8.94 Å². The van der Waals surface area contributed by atoms with E-state index in [4.69, 9.17) is 8.94 Å². The van der Waals surface area contributed by atoms with E-state index in [9.17, 15) is 0 Å². The number of hydrogen-bond acceptors (Lipinski definition) is 5. The highest BCUT2D eigenvalue weighted by Crippen LogP contribution is 2.30. The van der Waals surface area contributed by atoms with Gasteiger partial charge in [-0.05, 0) is 38.4 Å². The molecule has 0 amide bonds. The van der Waals surface area contributed by atoms with Gasteiger partial charge in [0.15, 0.2) is 5.76 Å². The quantitative estimate of drug-likeness (QED) is 0.836. The normalized spacial score (nSPS) is 25.1. The third-order valence-corrected chi connectivity index (χ3v) is 3.01. The SMILES string of the molecule is CC1(c2nc(-c3ccco3)no2)CCCN1. The Morgan fingerprint density at radius 3 is 3.12 bits per heavy atom. The molecule has 3 heterocycles. The predicted molar refractivity (Wildman–Crippen MR) is 56.6 cm³/mol. The zero-order valence-electron chi connectivity index (χ0n) is 9.06. The Balaban J connectivity index is 1.93. The topological polar surface area (TPSA) is 64.1 Å². The van der Waals surface area contributed by atoms with Gasteiger partial charge in [0.25, 0.3) is 0 Å². The van der Waals surface area contributed by atoms with Crippen LogP contribution in [0.3, 0.4) is 0 Å². The Hall–Kier alpha value is -1.62. The Bertz CT molecular complexity index is 469. The third kappa shape index (κ3) is 1.44. The van der Waals surface area contributed by atoms with Crippen LogP contribution >= 0.6 is 0 Å². The van der Waals surface area contributed by atoms with Gasteiger partial charge in [0.05, 0.1) is 11.8 Å². The maximum atomic E-state index is 5.29. The Morgan fingerprint density at radius 1 is 1.50 bits per heavy atom. The molecule has 5 heteroatoms. The number of nitrogens with zero attached hydrogens (tertiary/aromatic N) is 2. The number of rotatable bonds is 2. The first kappa shape index (κ1) is 9.59. The van der Waals surface area contributed by atoms with Crippen LogP contribution in [0, 0.1) is 0 Å². The second kappa shape index (κ2) is 3.45. The van der Waals surface area contributed by atoms with E-state index in [1.54, 1.807) is 12.3 Å². The summed E-state index contributed by atoms with van der Waals surface area (Å²) >= 11 is 0. The molecule has 16 heavy (non-hydrogen) atoms. The average Bonchev–Trinajstić information content (AvgIpc) is 2.98. The molecule has 2 aromatic rings. The standard InChI is InChI=1S/C11H13N3O2/c1-11(5-3-6-12-11)10-13-9(14-16-10)8-4-2-7-15-8/h2,4,7,12H,3,5-6H2,1H3. The van der Waals surface area contributed by atoms with Gasteiger partial charge in [-0.2, -0.15) is 4.98 Å². The number of nitrogens with one attached hydrogen (secondary N) is 1. The first-order valence-electron chi connectivity index (χ1n) is 5.41. The van der Waals surface area contributed by atoms with Crippen molar-refractivity contribution in [2.75, 3.05) is 6.54 Å². The largest absolute Gasteiger partial charge is 0.461 e. The van der Waals surface area contributed by atoms with Crippen LogP contribution in [-0.4, -0.2) is 16.7 Å². The van der Waals surface area contributed by atoms with Crippen LogP contribution < -0.4 is 5.32 Å². The molecule has 5 nitrogen and oxygen atoms in total. The highest BCUT2D eigenvalue weighted by Gasteiger charge is 2.35. The van der Waals surface area contributed by atoms with Crippen molar-refractivity contribution in [3.8, 4) is 11.6 Å². The Labute approximate surface area is 92.8 Å². The molecule has 1 N–H and O–H groups in total. The van der Waals surface area contributed by atoms with Gasteiger partial charge in [0.2, 0.25) is 11.7 Å². The molecule has 0 saturated carbocycles. The van der Waals surface area contributed by atoms with Gasteiger partial charge in [0, 0.05) is 0 Å². The van der Waals surface area contributed by atoms with E-state index in [-0.39, 0.29) is 5.54 Å². The van der Waals surface area contributed by atoms with E-state index in [1.807, 2.05) is 6.07 Å². The van der Waals surface area contributed by atoms with Crippen LogP contribution in [0.1, 0.15) is 25.7 Å². The van der Waals surface area contributed by atoms with E-state index in [0.717, 1.165) is 19.4 Å². The molecule has 2 aromatic heterocycles. The van der Waals surface area contributed by atoms with E-state index in [1.165, 1.54) is 0 Å². The smallest absolute Gasteiger partial charge is 0.247 e. The summed E-state index contributed by atoms with van der Waals surface area (Å²) < 4.78 is 10.5. The fourth-order valence-corrected chi connectivity index (χ4v) is 2.03. The van der Waals surface area contributed by atoms with Gasteiger partial charge >= 0.3 is 0 Å². The summed E-state index contributed by atoms with van der Waals surface area (Å²) in [6.07, 6.45) is 3.75. The second-order valence-corrected chi connectivity index (χ2v) is 4.26. The summed E-state index contributed by atoms with van der Waals surface area (Å²) in [6, 6.07) is 3.62. The molecule has 0 spiro atoms. The molecule has 1 saturated heterocycles. The molecule has 0 radical (unpaired) electrons. The van der Waals surface area contributed by atoms with E-state index >= 15 is 0 Å². The first-order chi connectivity index (χ1) is 7.78. The van der Waals surface area contributed by atoms with Crippen LogP contribution in [0.2, 0.25) is 0 Å². The van der Waals surface area contributed by atoms with Gasteiger partial charge in [0.1, 0.15) is 0 Å². The van der Waals surface area contributed by atoms with Crippen molar-refractivity contribution in [1.82, 2.24) is 15.5 Å². The van der Waals surface area contributed by atoms with Gasteiger partial charge in [-0.15, -0.1) is 0 Å². The van der Waals surface area contributed by atoms with Crippen LogP contribution in [0.4, 0.5) is 0 Å². The third-order valence-electron chi connectivity index (χ3n) is 3.01. The first-order valence-corrected chi connectivity index (χ1v) is 5.41. The Morgan fingerprint density at radius 2 is 2.44 bits per heavy atom. The van der Waals surface area contributed by atoms with Crippen LogP contribution in [-0.2, 0) is 5.54 Å². The summed E-state index contributed by atoms with van der Waals surface area (Å²) in [5.74, 6) is 1.78. The molecule has 1 fully saturated rings. The molecule has 0 aromatic carbocycles. The summed E-state index contributed by atoms with van der Waals surface area (Å²) in [4.78, 5) is 4.37. The fraction of sp³-hybridized carbons (Fsp3) is 0.455. The van der Waals surface area contributed by atoms with Gasteiger partial charge < -0.3 is 14.3 Å². The molecule has 84 valence electrons. The maximum Gasteiger partial charge on any atom is 0.247 e. The van der Waals surface area contributed by atoms with E-state index < -0.39 is 0 Å². The number of aromatic nitrogens is 2. The van der Waals surface area contributed by atoms with Gasteiger partial charge in [-0.1, -0.05) is 5.16 Å². The predicted octanol–water partition coefficient (Wildman–Crippen LogP) is 1.93. The molecular formula is C11H13N3O2. The lowest BCUT2D eigenvalue weighted by atomic mass is 10.0. The second-order valence-electron chi connectivity index (χ2n) is 4.26. The van der Waals surface area contributed by atoms with Crippen molar-refractivity contribution in [1.29, 1.82) is 0 Å². The van der Waals surface area contributed by atoms with Crippen LogP contribution in [0.5, 0.6) is 0 Å². The lowest BCUT2D eigenvalue weighted by Gasteiger charge is -2.18. The van der Waals surface area contributed by atoms with Crippen molar-refractivity contribution in [2.24, 2.45) is 0 Å². The lowest BCUT2D eigenvalue weighted by Crippen LogP contribution is -2.33. The fourth-order valence-electron chi connectivity index (χ4n) is 2.03. The summed E-state index contributed by atoms with van der Waals surface area (Å²) in [5.41, 5.74) is -0.183. The van der Waals surface area contributed by atoms with Crippen LogP contribution in [0.15, 0.2) is 27.3 Å². The minimum absolute atomic E-state index is 0.183. The molecule has 1 aliphatic heterocycles. The van der Waals surface area contributed by atoms with E-state index in [2.05, 4.69) is 22.4 Å². The summed E-state index contributed by atoms with van der Waals surface area (Å²) in [6.45, 7) is 3.08. The van der Waals surface area contributed by atoms with Gasteiger partial charge in [-0.3, -0.25) is 0 Å². The van der Waals surface area contributed by atoms with Crippen molar-refractivity contribution in [2.45, 2.75) is 25.3 Å². The lowest BCUT2D eigenvalue weighted by molar-refractivity contribution is 0.275. The number of furan rings is 1. The van der Waals surface area contributed by atoms with Crippen molar-refractivity contribution >= 4 is 0 Å². The highest BCUT2D eigenvalue weighted by molar-refractivity contribution is 5.44. The van der Waals surface area contributed by atoms with Crippen molar-refractivity contribution in [3.05, 3.63) is 24.3 Å². The summed E-state index contributed by atoms with van der Waals surface area (Å²) in [7, 11) is 0. The summed E-state index contributed by atoms with van der Waals surface area (Å²) in [5, 5.41) is 7.31.